The quantitative estimate of drug-likeness (QED) is 0.193. The standard InChI is InChI=1S/C27H25BrClFN4O/c1-3-4-14-31-22-15-16(2)8-13-21(22)32-27(35)18-11-9-17(10-12-18)24-25(28)34-26(33-24)23-19(29)6-5-7-20(23)30/h5-13,15,31H,3-4,14H2,1-2H3,(H,32,35)(H,33,34). The number of anilines is 2. The molecule has 0 spiro atoms. The predicted octanol–water partition coefficient (Wildman–Crippen LogP) is 8.07. The van der Waals surface area contributed by atoms with E-state index >= 15 is 0 Å². The third kappa shape index (κ3) is 5.74. The average molecular weight is 556 g/mol. The van der Waals surface area contributed by atoms with Crippen LogP contribution >= 0.6 is 27.5 Å². The maximum Gasteiger partial charge on any atom is 0.255 e. The van der Waals surface area contributed by atoms with E-state index in [9.17, 15) is 9.18 Å². The molecule has 1 amide bonds. The first kappa shape index (κ1) is 24.9. The summed E-state index contributed by atoms with van der Waals surface area (Å²) in [5.74, 6) is -0.352. The molecule has 0 aliphatic rings. The number of H-pyrrole nitrogens is 1. The van der Waals surface area contributed by atoms with Crippen molar-refractivity contribution >= 4 is 44.8 Å². The predicted molar refractivity (Wildman–Crippen MR) is 145 cm³/mol. The minimum Gasteiger partial charge on any atom is -0.383 e. The Morgan fingerprint density at radius 2 is 1.89 bits per heavy atom. The molecule has 35 heavy (non-hydrogen) atoms. The van der Waals surface area contributed by atoms with Gasteiger partial charge >= 0.3 is 0 Å². The highest BCUT2D eigenvalue weighted by molar-refractivity contribution is 9.10. The number of aryl methyl sites for hydroxylation is 1. The van der Waals surface area contributed by atoms with E-state index in [1.807, 2.05) is 25.1 Å². The molecule has 0 radical (unpaired) electrons. The van der Waals surface area contributed by atoms with Crippen LogP contribution in [0.15, 0.2) is 65.3 Å². The molecule has 0 atom stereocenters. The Kier molecular flexibility index (Phi) is 7.88. The first-order valence-electron chi connectivity index (χ1n) is 11.3. The first-order valence-corrected chi connectivity index (χ1v) is 12.5. The van der Waals surface area contributed by atoms with Gasteiger partial charge < -0.3 is 15.6 Å². The number of nitrogens with zero attached hydrogens (tertiary/aromatic N) is 1. The highest BCUT2D eigenvalue weighted by atomic mass is 79.9. The molecule has 0 fully saturated rings. The van der Waals surface area contributed by atoms with Gasteiger partial charge in [-0.1, -0.05) is 49.2 Å². The van der Waals surface area contributed by atoms with Crippen molar-refractivity contribution in [2.45, 2.75) is 26.7 Å². The third-order valence-electron chi connectivity index (χ3n) is 5.55. The van der Waals surface area contributed by atoms with Crippen molar-refractivity contribution in [3.05, 3.63) is 87.2 Å². The number of aromatic amines is 1. The minimum absolute atomic E-state index is 0.207. The Labute approximate surface area is 217 Å². The van der Waals surface area contributed by atoms with Crippen molar-refractivity contribution in [1.29, 1.82) is 0 Å². The molecule has 4 aromatic rings. The van der Waals surface area contributed by atoms with E-state index < -0.39 is 5.82 Å². The lowest BCUT2D eigenvalue weighted by Gasteiger charge is -2.14. The van der Waals surface area contributed by atoms with E-state index in [2.05, 4.69) is 43.5 Å². The second-order valence-electron chi connectivity index (χ2n) is 8.21. The smallest absolute Gasteiger partial charge is 0.255 e. The van der Waals surface area contributed by atoms with Crippen molar-refractivity contribution in [3.63, 3.8) is 0 Å². The Morgan fingerprint density at radius 3 is 2.60 bits per heavy atom. The normalized spacial score (nSPS) is 10.9. The van der Waals surface area contributed by atoms with Gasteiger partial charge in [-0.15, -0.1) is 0 Å². The molecule has 0 saturated carbocycles. The van der Waals surface area contributed by atoms with Crippen LogP contribution in [0.2, 0.25) is 5.02 Å². The number of carbonyl (C=O) groups is 1. The summed E-state index contributed by atoms with van der Waals surface area (Å²) in [4.78, 5) is 20.5. The molecule has 0 aliphatic carbocycles. The molecule has 3 aromatic carbocycles. The number of carbonyl (C=O) groups excluding carboxylic acids is 1. The molecular weight excluding hydrogens is 531 g/mol. The van der Waals surface area contributed by atoms with E-state index in [0.717, 1.165) is 41.9 Å². The Bertz CT molecular complexity index is 1330. The van der Waals surface area contributed by atoms with Crippen molar-refractivity contribution < 1.29 is 9.18 Å². The van der Waals surface area contributed by atoms with Crippen LogP contribution in [0.3, 0.4) is 0 Å². The molecule has 1 heterocycles. The van der Waals surface area contributed by atoms with E-state index in [1.54, 1.807) is 36.4 Å². The molecule has 0 unspecified atom stereocenters. The zero-order valence-electron chi connectivity index (χ0n) is 19.4. The number of hydrogen-bond acceptors (Lipinski definition) is 3. The lowest BCUT2D eigenvalue weighted by Crippen LogP contribution is -2.14. The van der Waals surface area contributed by atoms with Gasteiger partial charge in [0.1, 0.15) is 21.9 Å². The van der Waals surface area contributed by atoms with Crippen LogP contribution in [-0.4, -0.2) is 22.4 Å². The maximum atomic E-state index is 14.3. The van der Waals surface area contributed by atoms with Crippen molar-refractivity contribution in [1.82, 2.24) is 9.97 Å². The lowest BCUT2D eigenvalue weighted by molar-refractivity contribution is 0.102. The van der Waals surface area contributed by atoms with Gasteiger partial charge in [0.15, 0.2) is 0 Å². The molecule has 180 valence electrons. The number of aromatic nitrogens is 2. The van der Waals surface area contributed by atoms with Gasteiger partial charge in [0, 0.05) is 17.7 Å². The Balaban J connectivity index is 1.53. The fourth-order valence-electron chi connectivity index (χ4n) is 3.67. The van der Waals surface area contributed by atoms with E-state index in [0.29, 0.717) is 21.7 Å². The van der Waals surface area contributed by atoms with E-state index in [1.165, 1.54) is 6.07 Å². The van der Waals surface area contributed by atoms with Gasteiger partial charge in [-0.25, -0.2) is 9.37 Å². The van der Waals surface area contributed by atoms with Crippen LogP contribution in [0.4, 0.5) is 15.8 Å². The summed E-state index contributed by atoms with van der Waals surface area (Å²) in [6.07, 6.45) is 2.14. The van der Waals surface area contributed by atoms with Gasteiger partial charge in [0.25, 0.3) is 5.91 Å². The molecule has 0 saturated heterocycles. The van der Waals surface area contributed by atoms with Crippen molar-refractivity contribution in [3.8, 4) is 22.6 Å². The molecular formula is C27H25BrClFN4O. The molecule has 3 N–H and O–H groups in total. The molecule has 4 rings (SSSR count). The second kappa shape index (κ2) is 11.1. The van der Waals surface area contributed by atoms with Crippen LogP contribution in [0.1, 0.15) is 35.7 Å². The summed E-state index contributed by atoms with van der Waals surface area (Å²) in [6.45, 7) is 5.01. The van der Waals surface area contributed by atoms with Crippen LogP contribution in [0.25, 0.3) is 22.6 Å². The fourth-order valence-corrected chi connectivity index (χ4v) is 4.43. The van der Waals surface area contributed by atoms with Crippen LogP contribution < -0.4 is 10.6 Å². The number of halogens is 3. The number of unbranched alkanes of at least 4 members (excludes halogenated alkanes) is 1. The maximum absolute atomic E-state index is 14.3. The zero-order valence-corrected chi connectivity index (χ0v) is 21.7. The number of benzene rings is 3. The van der Waals surface area contributed by atoms with Crippen LogP contribution in [0.5, 0.6) is 0 Å². The third-order valence-corrected chi connectivity index (χ3v) is 6.44. The Morgan fingerprint density at radius 1 is 1.11 bits per heavy atom. The zero-order chi connectivity index (χ0) is 24.9. The highest BCUT2D eigenvalue weighted by Crippen LogP contribution is 2.34. The summed E-state index contributed by atoms with van der Waals surface area (Å²) in [7, 11) is 0. The monoisotopic (exact) mass is 554 g/mol. The summed E-state index contributed by atoms with van der Waals surface area (Å²) in [5, 5.41) is 6.67. The van der Waals surface area contributed by atoms with Crippen LogP contribution in [-0.2, 0) is 0 Å². The van der Waals surface area contributed by atoms with Crippen molar-refractivity contribution in [2.24, 2.45) is 0 Å². The molecule has 8 heteroatoms. The van der Waals surface area contributed by atoms with E-state index in [4.69, 9.17) is 11.6 Å². The highest BCUT2D eigenvalue weighted by Gasteiger charge is 2.18. The van der Waals surface area contributed by atoms with Gasteiger partial charge in [-0.3, -0.25) is 4.79 Å². The van der Waals surface area contributed by atoms with Gasteiger partial charge in [0.05, 0.1) is 22.0 Å². The SMILES string of the molecule is CCCCNc1cc(C)ccc1NC(=O)c1ccc(-c2nc(-c3c(F)cccc3Cl)[nH]c2Br)cc1. The molecule has 1 aromatic heterocycles. The second-order valence-corrected chi connectivity index (χ2v) is 9.41. The lowest BCUT2D eigenvalue weighted by atomic mass is 10.1. The summed E-state index contributed by atoms with van der Waals surface area (Å²) in [5.41, 5.74) is 4.83. The van der Waals surface area contributed by atoms with Gasteiger partial charge in [-0.05, 0) is 71.2 Å². The number of hydrogen-bond donors (Lipinski definition) is 3. The summed E-state index contributed by atoms with van der Waals surface area (Å²) < 4.78 is 14.9. The minimum atomic E-state index is -0.461. The summed E-state index contributed by atoms with van der Waals surface area (Å²) >= 11 is 9.65. The molecule has 0 aliphatic heterocycles. The first-order chi connectivity index (χ1) is 16.9. The average Bonchev–Trinajstić information content (AvgIpc) is 3.21. The number of imidazole rings is 1. The summed E-state index contributed by atoms with van der Waals surface area (Å²) in [6, 6.07) is 17.5. The fraction of sp³-hybridized carbons (Fsp3) is 0.185. The van der Waals surface area contributed by atoms with Crippen molar-refractivity contribution in [2.75, 3.05) is 17.2 Å². The van der Waals surface area contributed by atoms with Gasteiger partial charge in [0.2, 0.25) is 0 Å². The van der Waals surface area contributed by atoms with Crippen LogP contribution in [0, 0.1) is 12.7 Å². The number of amides is 1. The largest absolute Gasteiger partial charge is 0.383 e. The number of nitrogens with one attached hydrogen (secondary N) is 3. The molecule has 5 nitrogen and oxygen atoms in total. The topological polar surface area (TPSA) is 69.8 Å². The van der Waals surface area contributed by atoms with Gasteiger partial charge in [-0.2, -0.15) is 0 Å². The van der Waals surface area contributed by atoms with E-state index in [-0.39, 0.29) is 16.5 Å². The number of rotatable bonds is 8. The molecule has 0 bridgehead atoms. The Hall–Kier alpha value is -3.16.